The van der Waals surface area contributed by atoms with Gasteiger partial charge in [-0.15, -0.1) is 0 Å². The second-order valence-electron chi connectivity index (χ2n) is 11.9. The second-order valence-corrected chi connectivity index (χ2v) is 11.9. The first-order valence-corrected chi connectivity index (χ1v) is 14.5. The Hall–Kier alpha value is -2.56. The maximum atomic E-state index is 3.44. The molecule has 0 spiro atoms. The van der Waals surface area contributed by atoms with Gasteiger partial charge in [-0.1, -0.05) is 43.3 Å². The van der Waals surface area contributed by atoms with Gasteiger partial charge in [-0.2, -0.15) is 0 Å². The molecular weight excluding hydrogens is 452 g/mol. The van der Waals surface area contributed by atoms with E-state index in [1.165, 1.54) is 52.3 Å². The van der Waals surface area contributed by atoms with E-state index in [0.29, 0.717) is 18.0 Å². The summed E-state index contributed by atoms with van der Waals surface area (Å²) in [6.07, 6.45) is 9.63. The summed E-state index contributed by atoms with van der Waals surface area (Å²) in [4.78, 5) is 8.81. The summed E-state index contributed by atoms with van der Waals surface area (Å²) >= 11 is 0. The molecule has 0 saturated heterocycles. The fraction of sp³-hybridized carbons (Fsp3) is 0.515. The average Bonchev–Trinajstić information content (AvgIpc) is 3.54. The van der Waals surface area contributed by atoms with Crippen molar-refractivity contribution in [2.24, 2.45) is 5.92 Å². The summed E-state index contributed by atoms with van der Waals surface area (Å²) in [5, 5.41) is 2.80. The van der Waals surface area contributed by atoms with Gasteiger partial charge < -0.3 is 14.5 Å². The van der Waals surface area contributed by atoms with Gasteiger partial charge in [0.1, 0.15) is 0 Å². The highest BCUT2D eigenvalue weighted by atomic mass is 15.2. The number of H-pyrrole nitrogens is 1. The minimum absolute atomic E-state index is 0.536. The Morgan fingerprint density at radius 2 is 1.54 bits per heavy atom. The van der Waals surface area contributed by atoms with E-state index in [1.807, 2.05) is 0 Å². The minimum Gasteiger partial charge on any atom is -0.361 e. The van der Waals surface area contributed by atoms with E-state index < -0.39 is 0 Å². The molecule has 1 saturated carbocycles. The standard InChI is InChI=1S/C33H46N4/c1-24(2)35(18-16-27-20-34-32-12-8-6-10-30(27)32)21-26(5)22-36-23-28(31-11-7-9-13-33(31)36)17-19-37(25(3)4)29-14-15-29/h6-13,20,23-26,29,34H,14-19,21-22H2,1-5H3. The summed E-state index contributed by atoms with van der Waals surface area (Å²) in [5.74, 6) is 0.577. The van der Waals surface area contributed by atoms with Gasteiger partial charge in [0.25, 0.3) is 0 Å². The lowest BCUT2D eigenvalue weighted by atomic mass is 10.1. The molecule has 4 aromatic rings. The van der Waals surface area contributed by atoms with E-state index in [1.54, 1.807) is 0 Å². The molecule has 2 heterocycles. The van der Waals surface area contributed by atoms with Gasteiger partial charge in [0.2, 0.25) is 0 Å². The topological polar surface area (TPSA) is 27.2 Å². The third-order valence-corrected chi connectivity index (χ3v) is 8.32. The fourth-order valence-corrected chi connectivity index (χ4v) is 6.15. The van der Waals surface area contributed by atoms with Crippen LogP contribution in [0.4, 0.5) is 0 Å². The smallest absolute Gasteiger partial charge is 0.0483 e. The van der Waals surface area contributed by atoms with Gasteiger partial charge >= 0.3 is 0 Å². The number of fused-ring (bicyclic) bond motifs is 2. The minimum atomic E-state index is 0.536. The predicted octanol–water partition coefficient (Wildman–Crippen LogP) is 7.13. The zero-order valence-corrected chi connectivity index (χ0v) is 23.6. The third kappa shape index (κ3) is 6.13. The van der Waals surface area contributed by atoms with Crippen molar-refractivity contribution < 1.29 is 0 Å². The molecule has 0 aliphatic heterocycles. The van der Waals surface area contributed by atoms with Crippen LogP contribution in [0.5, 0.6) is 0 Å². The number of rotatable bonds is 13. The Balaban J connectivity index is 1.24. The quantitative estimate of drug-likeness (QED) is 0.212. The molecule has 198 valence electrons. The molecule has 4 nitrogen and oxygen atoms in total. The van der Waals surface area contributed by atoms with Crippen molar-refractivity contribution in [1.29, 1.82) is 0 Å². The molecule has 1 aliphatic rings. The van der Waals surface area contributed by atoms with Gasteiger partial charge in [-0.25, -0.2) is 0 Å². The van der Waals surface area contributed by atoms with E-state index in [-0.39, 0.29) is 0 Å². The largest absolute Gasteiger partial charge is 0.361 e. The summed E-state index contributed by atoms with van der Waals surface area (Å²) in [6, 6.07) is 19.7. The Bertz CT molecular complexity index is 1290. The highest BCUT2D eigenvalue weighted by Gasteiger charge is 2.30. The first-order chi connectivity index (χ1) is 17.9. The van der Waals surface area contributed by atoms with Crippen LogP contribution in [0.2, 0.25) is 0 Å². The lowest BCUT2D eigenvalue weighted by Gasteiger charge is -2.29. The predicted molar refractivity (Wildman–Crippen MR) is 158 cm³/mol. The number of hydrogen-bond acceptors (Lipinski definition) is 2. The molecule has 0 radical (unpaired) electrons. The lowest BCUT2D eigenvalue weighted by Crippen LogP contribution is -2.37. The van der Waals surface area contributed by atoms with Crippen LogP contribution >= 0.6 is 0 Å². The van der Waals surface area contributed by atoms with Crippen LogP contribution in [0.1, 0.15) is 58.6 Å². The Morgan fingerprint density at radius 3 is 2.27 bits per heavy atom. The van der Waals surface area contributed by atoms with Gasteiger partial charge in [-0.3, -0.25) is 4.90 Å². The van der Waals surface area contributed by atoms with Crippen molar-refractivity contribution in [3.05, 3.63) is 72.1 Å². The van der Waals surface area contributed by atoms with Crippen LogP contribution in [0, 0.1) is 5.92 Å². The Kier molecular flexibility index (Phi) is 8.07. The Labute approximate surface area is 223 Å². The normalized spacial score (nSPS) is 15.3. The summed E-state index contributed by atoms with van der Waals surface area (Å²) in [7, 11) is 0. The number of aromatic amines is 1. The van der Waals surface area contributed by atoms with Gasteiger partial charge in [0.05, 0.1) is 0 Å². The molecule has 5 rings (SSSR count). The first kappa shape index (κ1) is 26.1. The fourth-order valence-electron chi connectivity index (χ4n) is 6.15. The zero-order chi connectivity index (χ0) is 25.9. The molecule has 1 atom stereocenters. The van der Waals surface area contributed by atoms with E-state index in [9.17, 15) is 0 Å². The summed E-state index contributed by atoms with van der Waals surface area (Å²) in [6.45, 7) is 16.2. The molecule has 0 amide bonds. The SMILES string of the molecule is CC(CN(CCc1c[nH]c2ccccc12)C(C)C)Cn1cc(CCN(C(C)C)C2CC2)c2ccccc21. The average molecular weight is 499 g/mol. The highest BCUT2D eigenvalue weighted by molar-refractivity contribution is 5.84. The van der Waals surface area contributed by atoms with Crippen molar-refractivity contribution in [3.8, 4) is 0 Å². The zero-order valence-electron chi connectivity index (χ0n) is 23.6. The van der Waals surface area contributed by atoms with Crippen LogP contribution in [-0.4, -0.2) is 57.1 Å². The number of aromatic nitrogens is 2. The molecule has 0 bridgehead atoms. The van der Waals surface area contributed by atoms with Crippen LogP contribution in [-0.2, 0) is 19.4 Å². The van der Waals surface area contributed by atoms with E-state index in [4.69, 9.17) is 0 Å². The van der Waals surface area contributed by atoms with Gasteiger partial charge in [0.15, 0.2) is 0 Å². The van der Waals surface area contributed by atoms with Crippen LogP contribution in [0.3, 0.4) is 0 Å². The number of nitrogens with one attached hydrogen (secondary N) is 1. The summed E-state index contributed by atoms with van der Waals surface area (Å²) in [5.41, 5.74) is 5.57. The number of para-hydroxylation sites is 2. The maximum Gasteiger partial charge on any atom is 0.0483 e. The first-order valence-electron chi connectivity index (χ1n) is 14.5. The molecule has 2 aromatic heterocycles. The van der Waals surface area contributed by atoms with Gasteiger partial charge in [0, 0.05) is 78.5 Å². The lowest BCUT2D eigenvalue weighted by molar-refractivity contribution is 0.187. The van der Waals surface area contributed by atoms with E-state index in [2.05, 4.69) is 115 Å². The van der Waals surface area contributed by atoms with Crippen LogP contribution < -0.4 is 0 Å². The molecule has 2 aromatic carbocycles. The molecule has 1 fully saturated rings. The van der Waals surface area contributed by atoms with Crippen LogP contribution in [0.15, 0.2) is 60.9 Å². The van der Waals surface area contributed by atoms with E-state index >= 15 is 0 Å². The van der Waals surface area contributed by atoms with E-state index in [0.717, 1.165) is 38.5 Å². The monoisotopic (exact) mass is 498 g/mol. The molecule has 4 heteroatoms. The van der Waals surface area contributed by atoms with Crippen molar-refractivity contribution in [2.75, 3.05) is 19.6 Å². The molecule has 1 unspecified atom stereocenters. The highest BCUT2D eigenvalue weighted by Crippen LogP contribution is 2.30. The molecule has 1 aliphatic carbocycles. The third-order valence-electron chi connectivity index (χ3n) is 8.32. The molecule has 1 N–H and O–H groups in total. The van der Waals surface area contributed by atoms with Gasteiger partial charge in [-0.05, 0) is 82.6 Å². The van der Waals surface area contributed by atoms with Crippen molar-refractivity contribution in [3.63, 3.8) is 0 Å². The van der Waals surface area contributed by atoms with Crippen molar-refractivity contribution in [2.45, 2.75) is 85.0 Å². The van der Waals surface area contributed by atoms with Crippen LogP contribution in [0.25, 0.3) is 21.8 Å². The Morgan fingerprint density at radius 1 is 0.838 bits per heavy atom. The van der Waals surface area contributed by atoms with Crippen molar-refractivity contribution >= 4 is 21.8 Å². The second kappa shape index (κ2) is 11.4. The number of hydrogen-bond donors (Lipinski definition) is 1. The molecular formula is C33H46N4. The molecule has 37 heavy (non-hydrogen) atoms. The maximum absolute atomic E-state index is 3.44. The summed E-state index contributed by atoms with van der Waals surface area (Å²) < 4.78 is 2.53. The number of nitrogens with zero attached hydrogens (tertiary/aromatic N) is 3. The number of benzene rings is 2. The van der Waals surface area contributed by atoms with Crippen molar-refractivity contribution in [1.82, 2.24) is 19.4 Å².